The van der Waals surface area contributed by atoms with Gasteiger partial charge in [-0.05, 0) is 11.0 Å². The van der Waals surface area contributed by atoms with Crippen LogP contribution in [0.25, 0.3) is 0 Å². The summed E-state index contributed by atoms with van der Waals surface area (Å²) < 4.78 is 0. The highest BCUT2D eigenvalue weighted by Crippen LogP contribution is 2.22. The molecular formula is C8H8N4O4. The Morgan fingerprint density at radius 2 is 1.94 bits per heavy atom. The number of nitro benzene ring substituents is 1. The molecule has 1 aromatic rings. The number of nitrogens with one attached hydrogen (secondary N) is 1. The number of hydrogen-bond acceptors (Lipinski definition) is 6. The molecular weight excluding hydrogens is 216 g/mol. The van der Waals surface area contributed by atoms with E-state index < -0.39 is 9.85 Å². The number of nitro groups is 2. The lowest BCUT2D eigenvalue weighted by Gasteiger charge is -1.97. The van der Waals surface area contributed by atoms with Crippen LogP contribution in [0.3, 0.4) is 0 Å². The fourth-order valence-corrected chi connectivity index (χ4v) is 0.909. The minimum absolute atomic E-state index is 0.105. The van der Waals surface area contributed by atoms with Gasteiger partial charge in [0, 0.05) is 13.0 Å². The van der Waals surface area contributed by atoms with E-state index in [2.05, 4.69) is 10.5 Å². The molecule has 0 spiro atoms. The Morgan fingerprint density at radius 1 is 1.31 bits per heavy atom. The molecule has 0 radical (unpaired) electrons. The lowest BCUT2D eigenvalue weighted by Crippen LogP contribution is -2.09. The summed E-state index contributed by atoms with van der Waals surface area (Å²) in [6.07, 6.45) is 0. The summed E-state index contributed by atoms with van der Waals surface area (Å²) in [6, 6.07) is 5.74. The third kappa shape index (κ3) is 2.74. The zero-order valence-corrected chi connectivity index (χ0v) is 8.28. The lowest BCUT2D eigenvalue weighted by atomic mass is 10.3. The topological polar surface area (TPSA) is 111 Å². The maximum atomic E-state index is 10.6. The van der Waals surface area contributed by atoms with Crippen molar-refractivity contribution < 1.29 is 9.85 Å². The number of nitrogens with zero attached hydrogens (tertiary/aromatic N) is 3. The Balaban J connectivity index is 2.94. The van der Waals surface area contributed by atoms with E-state index in [-0.39, 0.29) is 17.2 Å². The van der Waals surface area contributed by atoms with Crippen molar-refractivity contribution in [3.05, 3.63) is 44.5 Å². The van der Waals surface area contributed by atoms with Gasteiger partial charge in [-0.25, -0.2) is 0 Å². The van der Waals surface area contributed by atoms with E-state index in [9.17, 15) is 20.2 Å². The lowest BCUT2D eigenvalue weighted by molar-refractivity contribution is -0.384. The van der Waals surface area contributed by atoms with Crippen molar-refractivity contribution in [2.45, 2.75) is 6.92 Å². The maximum Gasteiger partial charge on any atom is 0.360 e. The van der Waals surface area contributed by atoms with Crippen molar-refractivity contribution in [1.82, 2.24) is 0 Å². The average molecular weight is 224 g/mol. The van der Waals surface area contributed by atoms with Gasteiger partial charge in [0.2, 0.25) is 0 Å². The molecule has 0 aromatic heterocycles. The number of hydrazone groups is 1. The Kier molecular flexibility index (Phi) is 3.49. The van der Waals surface area contributed by atoms with Gasteiger partial charge in [-0.2, -0.15) is 5.43 Å². The van der Waals surface area contributed by atoms with Gasteiger partial charge in [0.1, 0.15) is 0 Å². The predicted octanol–water partition coefficient (Wildman–Crippen LogP) is 1.62. The molecule has 0 fully saturated rings. The molecule has 0 aliphatic heterocycles. The fraction of sp³-hybridized carbons (Fsp3) is 0.125. The van der Waals surface area contributed by atoms with Crippen molar-refractivity contribution in [3.63, 3.8) is 0 Å². The van der Waals surface area contributed by atoms with Crippen LogP contribution in [0.15, 0.2) is 29.4 Å². The van der Waals surface area contributed by atoms with Gasteiger partial charge < -0.3 is 10.1 Å². The largest absolute Gasteiger partial charge is 0.360 e. The highest BCUT2D eigenvalue weighted by Gasteiger charge is 2.14. The highest BCUT2D eigenvalue weighted by molar-refractivity contribution is 5.73. The summed E-state index contributed by atoms with van der Waals surface area (Å²) in [5.41, 5.74) is 2.19. The Morgan fingerprint density at radius 3 is 2.50 bits per heavy atom. The second-order valence-electron chi connectivity index (χ2n) is 2.80. The van der Waals surface area contributed by atoms with Gasteiger partial charge in [0.05, 0.1) is 10.0 Å². The van der Waals surface area contributed by atoms with Gasteiger partial charge in [-0.15, -0.1) is 0 Å². The molecule has 1 N–H and O–H groups in total. The summed E-state index contributed by atoms with van der Waals surface area (Å²) in [7, 11) is 0. The van der Waals surface area contributed by atoms with Crippen molar-refractivity contribution in [2.75, 3.05) is 5.43 Å². The van der Waals surface area contributed by atoms with E-state index in [0.717, 1.165) is 0 Å². The first-order chi connectivity index (χ1) is 7.52. The summed E-state index contributed by atoms with van der Waals surface area (Å²) in [6.45, 7) is 1.18. The van der Waals surface area contributed by atoms with Crippen LogP contribution in [0, 0.1) is 20.2 Å². The second-order valence-corrected chi connectivity index (χ2v) is 2.80. The standard InChI is InChI=1S/C8H8N4O4/c1-6(11(13)14)9-10-7-4-2-3-5-8(7)12(15)16/h2-5,10H,1H3. The summed E-state index contributed by atoms with van der Waals surface area (Å²) >= 11 is 0. The third-order valence-electron chi connectivity index (χ3n) is 1.70. The van der Waals surface area contributed by atoms with E-state index in [1.807, 2.05) is 0 Å². The maximum absolute atomic E-state index is 10.6. The number of benzene rings is 1. The summed E-state index contributed by atoms with van der Waals surface area (Å²) in [5.74, 6) is -0.377. The quantitative estimate of drug-likeness (QED) is 0.363. The molecule has 0 unspecified atom stereocenters. The molecule has 0 atom stereocenters. The van der Waals surface area contributed by atoms with Crippen LogP contribution >= 0.6 is 0 Å². The monoisotopic (exact) mass is 224 g/mol. The number of rotatable bonds is 3. The van der Waals surface area contributed by atoms with Crippen LogP contribution in [0.1, 0.15) is 6.92 Å². The molecule has 84 valence electrons. The average Bonchev–Trinajstić information content (AvgIpc) is 2.25. The normalized spacial score (nSPS) is 10.9. The van der Waals surface area contributed by atoms with Gasteiger partial charge in [0.15, 0.2) is 5.69 Å². The minimum Gasteiger partial charge on any atom is -0.358 e. The molecule has 0 aliphatic rings. The van der Waals surface area contributed by atoms with E-state index in [1.54, 1.807) is 6.07 Å². The van der Waals surface area contributed by atoms with Crippen LogP contribution in [0.5, 0.6) is 0 Å². The Labute approximate surface area is 89.9 Å². The highest BCUT2D eigenvalue weighted by atomic mass is 16.6. The van der Waals surface area contributed by atoms with Gasteiger partial charge in [0.25, 0.3) is 5.69 Å². The van der Waals surface area contributed by atoms with Crippen LogP contribution < -0.4 is 5.43 Å². The SMILES string of the molecule is CC(=NNc1ccccc1[N+](=O)[O-])[N+](=O)[O-]. The third-order valence-corrected chi connectivity index (χ3v) is 1.70. The molecule has 0 saturated carbocycles. The number of para-hydroxylation sites is 2. The van der Waals surface area contributed by atoms with Crippen LogP contribution in [-0.4, -0.2) is 15.7 Å². The van der Waals surface area contributed by atoms with Gasteiger partial charge in [-0.1, -0.05) is 12.1 Å². The first-order valence-corrected chi connectivity index (χ1v) is 4.20. The van der Waals surface area contributed by atoms with Gasteiger partial charge in [-0.3, -0.25) is 10.1 Å². The minimum atomic E-state index is -0.693. The van der Waals surface area contributed by atoms with Crippen molar-refractivity contribution in [3.8, 4) is 0 Å². The smallest absolute Gasteiger partial charge is 0.358 e. The predicted molar refractivity (Wildman–Crippen MR) is 56.8 cm³/mol. The van der Waals surface area contributed by atoms with Crippen molar-refractivity contribution in [2.24, 2.45) is 5.10 Å². The molecule has 8 nitrogen and oxygen atoms in total. The van der Waals surface area contributed by atoms with E-state index in [1.165, 1.54) is 25.1 Å². The summed E-state index contributed by atoms with van der Waals surface area (Å²) in [4.78, 5) is 19.5. The zero-order chi connectivity index (χ0) is 12.1. The number of hydrogen-bond donors (Lipinski definition) is 1. The van der Waals surface area contributed by atoms with Crippen molar-refractivity contribution in [1.29, 1.82) is 0 Å². The first-order valence-electron chi connectivity index (χ1n) is 4.20. The molecule has 0 aliphatic carbocycles. The Hall–Kier alpha value is -2.51. The van der Waals surface area contributed by atoms with Crippen molar-refractivity contribution >= 4 is 17.2 Å². The van der Waals surface area contributed by atoms with Crippen LogP contribution in [0.4, 0.5) is 11.4 Å². The van der Waals surface area contributed by atoms with Gasteiger partial charge >= 0.3 is 5.84 Å². The molecule has 0 bridgehead atoms. The molecule has 0 saturated heterocycles. The number of anilines is 1. The van der Waals surface area contributed by atoms with E-state index in [4.69, 9.17) is 0 Å². The van der Waals surface area contributed by atoms with Crippen LogP contribution in [0.2, 0.25) is 0 Å². The first kappa shape index (κ1) is 11.6. The molecule has 1 rings (SSSR count). The van der Waals surface area contributed by atoms with Crippen LogP contribution in [-0.2, 0) is 0 Å². The Bertz CT molecular complexity index is 457. The van der Waals surface area contributed by atoms with E-state index in [0.29, 0.717) is 0 Å². The molecule has 0 heterocycles. The molecule has 1 aromatic carbocycles. The molecule has 16 heavy (non-hydrogen) atoms. The zero-order valence-electron chi connectivity index (χ0n) is 8.28. The van der Waals surface area contributed by atoms with E-state index >= 15 is 0 Å². The number of amidine groups is 1. The fourth-order valence-electron chi connectivity index (χ4n) is 0.909. The molecule has 0 amide bonds. The molecule has 8 heteroatoms. The summed E-state index contributed by atoms with van der Waals surface area (Å²) in [5, 5.41) is 24.2. The second kappa shape index (κ2) is 4.82.